The summed E-state index contributed by atoms with van der Waals surface area (Å²) in [5.74, 6) is -0.555. The summed E-state index contributed by atoms with van der Waals surface area (Å²) in [5, 5.41) is 13.7. The third-order valence-electron chi connectivity index (χ3n) is 11.1. The maximum Gasteiger partial charge on any atom is 0.270 e. The van der Waals surface area contributed by atoms with Crippen LogP contribution in [0.1, 0.15) is 84.8 Å². The molecule has 7 rings (SSSR count). The molecule has 0 spiro atoms. The predicted molar refractivity (Wildman–Crippen MR) is 186 cm³/mol. The fourth-order valence-corrected chi connectivity index (χ4v) is 7.87. The van der Waals surface area contributed by atoms with Crippen LogP contribution in [0.15, 0.2) is 54.7 Å². The molecule has 4 atom stereocenters. The minimum atomic E-state index is -1.04. The Kier molecular flexibility index (Phi) is 9.42. The number of nitrogens with one attached hydrogen (secondary N) is 4. The van der Waals surface area contributed by atoms with Crippen molar-refractivity contribution in [2.24, 2.45) is 18.4 Å². The van der Waals surface area contributed by atoms with Crippen molar-refractivity contribution in [1.82, 2.24) is 35.7 Å². The number of fused-ring (bicyclic) bond motifs is 1. The summed E-state index contributed by atoms with van der Waals surface area (Å²) in [6.45, 7) is 1.99. The minimum Gasteiger partial charge on any atom is -0.380 e. The van der Waals surface area contributed by atoms with Crippen LogP contribution in [-0.4, -0.2) is 69.9 Å². The normalized spacial score (nSPS) is 21.6. The zero-order valence-electron chi connectivity index (χ0n) is 28.3. The molecule has 50 heavy (non-hydrogen) atoms. The topological polar surface area (TPSA) is 143 Å². The number of carbonyl (C=O) groups is 3. The average Bonchev–Trinajstić information content (AvgIpc) is 3.47. The number of ether oxygens (including phenoxy) is 1. The van der Waals surface area contributed by atoms with Crippen LogP contribution in [0, 0.1) is 11.3 Å². The van der Waals surface area contributed by atoms with Crippen LogP contribution in [0.5, 0.6) is 0 Å². The maximum absolute atomic E-state index is 14.2. The lowest BCUT2D eigenvalue weighted by Gasteiger charge is -2.36. The molecule has 0 bridgehead atoms. The van der Waals surface area contributed by atoms with Gasteiger partial charge in [-0.05, 0) is 78.8 Å². The quantitative estimate of drug-likeness (QED) is 0.154. The second kappa shape index (κ2) is 13.8. The van der Waals surface area contributed by atoms with Gasteiger partial charge in [-0.2, -0.15) is 5.10 Å². The van der Waals surface area contributed by atoms with Crippen LogP contribution in [0.25, 0.3) is 11.0 Å². The predicted octanol–water partition coefficient (Wildman–Crippen LogP) is 5.03. The smallest absolute Gasteiger partial charge is 0.270 e. The Morgan fingerprint density at radius 2 is 1.92 bits per heavy atom. The van der Waals surface area contributed by atoms with Gasteiger partial charge in [0, 0.05) is 37.3 Å². The van der Waals surface area contributed by atoms with E-state index < -0.39 is 24.2 Å². The molecule has 2 aliphatic carbocycles. The summed E-state index contributed by atoms with van der Waals surface area (Å²) in [6.07, 6.45) is 6.59. The van der Waals surface area contributed by atoms with Gasteiger partial charge in [-0.3, -0.25) is 19.1 Å². The van der Waals surface area contributed by atoms with Crippen molar-refractivity contribution in [1.29, 1.82) is 0 Å². The van der Waals surface area contributed by atoms with E-state index in [1.807, 2.05) is 42.5 Å². The molecule has 13 heteroatoms. The van der Waals surface area contributed by atoms with Gasteiger partial charge in [-0.15, -0.1) is 0 Å². The molecular weight excluding hydrogens is 661 g/mol. The highest BCUT2D eigenvalue weighted by atomic mass is 35.5. The summed E-state index contributed by atoms with van der Waals surface area (Å²) >= 11 is 6.83. The fourth-order valence-electron chi connectivity index (χ4n) is 7.62. The molecule has 4 N–H and O–H groups in total. The van der Waals surface area contributed by atoms with Gasteiger partial charge in [0.25, 0.3) is 5.91 Å². The lowest BCUT2D eigenvalue weighted by molar-refractivity contribution is -0.134. The van der Waals surface area contributed by atoms with Crippen LogP contribution in [0.3, 0.4) is 0 Å². The van der Waals surface area contributed by atoms with Crippen molar-refractivity contribution < 1.29 is 23.5 Å². The molecule has 2 aromatic carbocycles. The van der Waals surface area contributed by atoms with E-state index >= 15 is 0 Å². The number of alkyl halides is 1. The Morgan fingerprint density at radius 1 is 1.12 bits per heavy atom. The van der Waals surface area contributed by atoms with E-state index in [-0.39, 0.29) is 48.1 Å². The number of amides is 3. The van der Waals surface area contributed by atoms with E-state index in [9.17, 15) is 18.8 Å². The van der Waals surface area contributed by atoms with Gasteiger partial charge >= 0.3 is 0 Å². The summed E-state index contributed by atoms with van der Waals surface area (Å²) in [7, 11) is 1.73. The van der Waals surface area contributed by atoms with Crippen LogP contribution in [0.4, 0.5) is 4.39 Å². The number of hydrogen-bond acceptors (Lipinski definition) is 6. The molecule has 264 valence electrons. The Labute approximate surface area is 295 Å². The number of aromatic amines is 1. The number of carbonyl (C=O) groups excluding carboxylic acids is 3. The number of aromatic nitrogens is 4. The number of nitrogens with zero attached hydrogens (tertiary/aromatic N) is 3. The van der Waals surface area contributed by atoms with Gasteiger partial charge < -0.3 is 25.7 Å². The molecule has 4 aromatic rings. The molecule has 3 fully saturated rings. The summed E-state index contributed by atoms with van der Waals surface area (Å²) in [6, 6.07) is 13.8. The average molecular weight is 704 g/mol. The standard InChI is InChI=1S/C37H43ClFN7O4/c1-36(13-14-36)29(24-8-3-4-9-25(24)38)31(44-33(47)28-12-17-41-46(28)2)32-42-26-11-10-23(20-27(26)43-32)37(15-19-50-21-37)35(49)45-30(22-6-5-7-22)34(48)40-18-16-39/h3-4,8-12,17,20,22,29-31H,5-7,13-16,18-19,21H2,1-2H3,(H,40,48)(H,42,43)(H,44,47)(H,45,49)/t29-,30+,31-,37?/m0/s1. The van der Waals surface area contributed by atoms with E-state index in [0.29, 0.717) is 35.1 Å². The monoisotopic (exact) mass is 703 g/mol. The van der Waals surface area contributed by atoms with Crippen molar-refractivity contribution in [2.45, 2.75) is 68.9 Å². The Morgan fingerprint density at radius 3 is 2.56 bits per heavy atom. The van der Waals surface area contributed by atoms with Crippen LogP contribution in [0.2, 0.25) is 5.02 Å². The number of H-pyrrole nitrogens is 1. The van der Waals surface area contributed by atoms with Crippen molar-refractivity contribution in [3.05, 3.63) is 82.4 Å². The summed E-state index contributed by atoms with van der Waals surface area (Å²) in [4.78, 5) is 49.5. The largest absolute Gasteiger partial charge is 0.380 e. The zero-order valence-corrected chi connectivity index (χ0v) is 29.1. The fraction of sp³-hybridized carbons (Fsp3) is 0.486. The molecule has 0 radical (unpaired) electrons. The van der Waals surface area contributed by atoms with Crippen LogP contribution < -0.4 is 16.0 Å². The van der Waals surface area contributed by atoms with Crippen molar-refractivity contribution in [3.8, 4) is 0 Å². The third-order valence-corrected chi connectivity index (χ3v) is 11.4. The molecular formula is C37H43ClFN7O4. The lowest BCUT2D eigenvalue weighted by Crippen LogP contribution is -2.57. The molecule has 11 nitrogen and oxygen atoms in total. The second-order valence-corrected chi connectivity index (χ2v) is 14.7. The van der Waals surface area contributed by atoms with E-state index in [2.05, 4.69) is 33.0 Å². The van der Waals surface area contributed by atoms with Crippen molar-refractivity contribution >= 4 is 40.4 Å². The Bertz CT molecular complexity index is 1890. The van der Waals surface area contributed by atoms with Crippen LogP contribution >= 0.6 is 11.6 Å². The van der Waals surface area contributed by atoms with Crippen LogP contribution in [-0.2, 0) is 26.8 Å². The minimum absolute atomic E-state index is 0.00666. The van der Waals surface area contributed by atoms with Gasteiger partial charge in [0.2, 0.25) is 11.8 Å². The summed E-state index contributed by atoms with van der Waals surface area (Å²) in [5.41, 5.74) is 2.28. The molecule has 3 heterocycles. The molecule has 1 unspecified atom stereocenters. The van der Waals surface area contributed by atoms with Gasteiger partial charge in [-0.25, -0.2) is 9.37 Å². The molecule has 1 saturated heterocycles. The van der Waals surface area contributed by atoms with E-state index in [0.717, 1.165) is 48.7 Å². The Hall–Kier alpha value is -4.29. The van der Waals surface area contributed by atoms with Gasteiger partial charge in [0.05, 0.1) is 29.1 Å². The molecule has 3 aliphatic rings. The molecule has 2 saturated carbocycles. The highest BCUT2D eigenvalue weighted by molar-refractivity contribution is 6.31. The lowest BCUT2D eigenvalue weighted by atomic mass is 9.76. The molecule has 1 aliphatic heterocycles. The first-order valence-corrected chi connectivity index (χ1v) is 17.8. The number of hydrogen-bond donors (Lipinski definition) is 4. The van der Waals surface area contributed by atoms with E-state index in [4.69, 9.17) is 21.3 Å². The van der Waals surface area contributed by atoms with Gasteiger partial charge in [-0.1, -0.05) is 49.2 Å². The Balaban J connectivity index is 1.25. The van der Waals surface area contributed by atoms with Gasteiger partial charge in [0.15, 0.2) is 0 Å². The van der Waals surface area contributed by atoms with E-state index in [1.54, 1.807) is 19.3 Å². The number of rotatable bonds is 13. The van der Waals surface area contributed by atoms with Gasteiger partial charge in [0.1, 0.15) is 24.2 Å². The highest BCUT2D eigenvalue weighted by Gasteiger charge is 2.51. The first-order valence-electron chi connectivity index (χ1n) is 17.4. The molecule has 3 amide bonds. The maximum atomic E-state index is 14.2. The third kappa shape index (κ3) is 6.39. The number of halogens is 2. The SMILES string of the molecule is Cn1nccc1C(=O)N[C@H](c1nc2cc(C3(C(=O)N[C@@H](C(=O)NCCF)C4CCC4)CCOC3)ccc2[nH]1)[C@H](c1ccccc1Cl)C1(C)CC1. The molecule has 2 aromatic heterocycles. The second-order valence-electron chi connectivity index (χ2n) is 14.3. The van der Waals surface area contributed by atoms with Crippen molar-refractivity contribution in [2.75, 3.05) is 26.4 Å². The van der Waals surface area contributed by atoms with Crippen molar-refractivity contribution in [3.63, 3.8) is 0 Å². The number of aryl methyl sites for hydroxylation is 1. The first kappa shape index (κ1) is 34.2. The first-order chi connectivity index (χ1) is 24.1. The highest BCUT2D eigenvalue weighted by Crippen LogP contribution is 2.60. The summed E-state index contributed by atoms with van der Waals surface area (Å²) < 4.78 is 20.2. The zero-order chi connectivity index (χ0) is 35.0. The number of benzene rings is 2. The van der Waals surface area contributed by atoms with E-state index in [1.165, 1.54) is 4.68 Å². The number of imidazole rings is 1.